The molecule has 0 radical (unpaired) electrons. The zero-order valence-electron chi connectivity index (χ0n) is 11.1. The van der Waals surface area contributed by atoms with Crippen molar-refractivity contribution in [1.29, 1.82) is 0 Å². The van der Waals surface area contributed by atoms with Crippen molar-refractivity contribution < 1.29 is 4.79 Å². The predicted octanol–water partition coefficient (Wildman–Crippen LogP) is 0.733. The van der Waals surface area contributed by atoms with E-state index in [1.165, 1.54) is 0 Å². The van der Waals surface area contributed by atoms with E-state index in [-0.39, 0.29) is 5.91 Å². The molecule has 0 fully saturated rings. The van der Waals surface area contributed by atoms with E-state index in [1.54, 1.807) is 4.68 Å². The van der Waals surface area contributed by atoms with Gasteiger partial charge in [-0.05, 0) is 20.3 Å². The Morgan fingerprint density at radius 2 is 2.29 bits per heavy atom. The van der Waals surface area contributed by atoms with Crippen LogP contribution in [0, 0.1) is 6.92 Å². The van der Waals surface area contributed by atoms with E-state index < -0.39 is 0 Å². The van der Waals surface area contributed by atoms with E-state index in [0.29, 0.717) is 19.1 Å². The van der Waals surface area contributed by atoms with Crippen LogP contribution in [0.3, 0.4) is 0 Å². The van der Waals surface area contributed by atoms with Crippen LogP contribution in [0.4, 0.5) is 0 Å². The van der Waals surface area contributed by atoms with Gasteiger partial charge in [0.05, 0.1) is 12.2 Å². The Hall–Kier alpha value is -1.36. The van der Waals surface area contributed by atoms with Gasteiger partial charge in [-0.3, -0.25) is 9.48 Å². The lowest BCUT2D eigenvalue weighted by molar-refractivity contribution is -0.120. The second kappa shape index (κ2) is 6.39. The first kappa shape index (κ1) is 13.7. The van der Waals surface area contributed by atoms with Crippen molar-refractivity contribution in [3.8, 4) is 0 Å². The van der Waals surface area contributed by atoms with Crippen LogP contribution in [0.1, 0.15) is 31.5 Å². The minimum atomic E-state index is 0.0218. The number of hydrogen-bond acceptors (Lipinski definition) is 3. The largest absolute Gasteiger partial charge is 0.351 e. The lowest BCUT2D eigenvalue weighted by Gasteiger charge is -2.10. The quantitative estimate of drug-likeness (QED) is 0.768. The van der Waals surface area contributed by atoms with Crippen LogP contribution >= 0.6 is 0 Å². The summed E-state index contributed by atoms with van der Waals surface area (Å²) in [4.78, 5) is 11.6. The fraction of sp³-hybridized carbons (Fsp3) is 0.667. The highest BCUT2D eigenvalue weighted by molar-refractivity contribution is 5.78. The molecule has 0 saturated heterocycles. The highest BCUT2D eigenvalue weighted by Crippen LogP contribution is 2.03. The summed E-state index contributed by atoms with van der Waals surface area (Å²) in [5.41, 5.74) is 2.02. The van der Waals surface area contributed by atoms with E-state index in [9.17, 15) is 4.79 Å². The number of amides is 1. The fourth-order valence-electron chi connectivity index (χ4n) is 1.49. The van der Waals surface area contributed by atoms with Gasteiger partial charge < -0.3 is 10.6 Å². The molecule has 0 aromatic carbocycles. The second-order valence-corrected chi connectivity index (χ2v) is 4.38. The fourth-order valence-corrected chi connectivity index (χ4v) is 1.49. The molecule has 2 N–H and O–H groups in total. The molecule has 5 nitrogen and oxygen atoms in total. The van der Waals surface area contributed by atoms with Crippen molar-refractivity contribution in [3.63, 3.8) is 0 Å². The molecule has 1 amide bonds. The van der Waals surface area contributed by atoms with Crippen molar-refractivity contribution in [2.45, 2.75) is 39.8 Å². The van der Waals surface area contributed by atoms with Gasteiger partial charge in [-0.1, -0.05) is 6.92 Å². The predicted molar refractivity (Wildman–Crippen MR) is 67.5 cm³/mol. The molecule has 0 spiro atoms. The van der Waals surface area contributed by atoms with Gasteiger partial charge in [-0.2, -0.15) is 5.10 Å². The molecule has 1 heterocycles. The summed E-state index contributed by atoms with van der Waals surface area (Å²) >= 11 is 0. The number of carbonyl (C=O) groups is 1. The summed E-state index contributed by atoms with van der Waals surface area (Å²) in [6.45, 7) is 7.01. The molecular weight excluding hydrogens is 216 g/mol. The topological polar surface area (TPSA) is 59.0 Å². The van der Waals surface area contributed by atoms with Crippen molar-refractivity contribution in [1.82, 2.24) is 20.4 Å². The van der Waals surface area contributed by atoms with Gasteiger partial charge in [0, 0.05) is 31.4 Å². The standard InChI is InChI=1S/C12H22N4O/c1-5-9(2)13-7-12(17)14-6-11-8-16(4)15-10(11)3/h8-9,13H,5-7H2,1-4H3,(H,14,17). The van der Waals surface area contributed by atoms with Gasteiger partial charge in [0.2, 0.25) is 5.91 Å². The zero-order chi connectivity index (χ0) is 12.8. The first-order valence-electron chi connectivity index (χ1n) is 6.02. The summed E-state index contributed by atoms with van der Waals surface area (Å²) in [6, 6.07) is 0.376. The second-order valence-electron chi connectivity index (χ2n) is 4.38. The summed E-state index contributed by atoms with van der Waals surface area (Å²) < 4.78 is 1.76. The van der Waals surface area contributed by atoms with Gasteiger partial charge in [0.15, 0.2) is 0 Å². The maximum atomic E-state index is 11.6. The average molecular weight is 238 g/mol. The van der Waals surface area contributed by atoms with Crippen molar-refractivity contribution in [3.05, 3.63) is 17.5 Å². The highest BCUT2D eigenvalue weighted by Gasteiger charge is 2.06. The van der Waals surface area contributed by atoms with Gasteiger partial charge in [0.25, 0.3) is 0 Å². The number of hydrogen-bond donors (Lipinski definition) is 2. The Kier molecular flexibility index (Phi) is 5.15. The minimum absolute atomic E-state index is 0.0218. The normalized spacial score (nSPS) is 12.5. The van der Waals surface area contributed by atoms with Crippen LogP contribution in [0.2, 0.25) is 0 Å². The van der Waals surface area contributed by atoms with Crippen molar-refractivity contribution in [2.75, 3.05) is 6.54 Å². The van der Waals surface area contributed by atoms with Crippen LogP contribution in [0.5, 0.6) is 0 Å². The third-order valence-corrected chi connectivity index (χ3v) is 2.81. The van der Waals surface area contributed by atoms with Gasteiger partial charge >= 0.3 is 0 Å². The Morgan fingerprint density at radius 1 is 1.59 bits per heavy atom. The van der Waals surface area contributed by atoms with Gasteiger partial charge in [-0.25, -0.2) is 0 Å². The van der Waals surface area contributed by atoms with E-state index in [2.05, 4.69) is 29.6 Å². The Labute approximate surface area is 103 Å². The molecule has 96 valence electrons. The van der Waals surface area contributed by atoms with Crippen molar-refractivity contribution >= 4 is 5.91 Å². The molecule has 17 heavy (non-hydrogen) atoms. The summed E-state index contributed by atoms with van der Waals surface area (Å²) in [5, 5.41) is 10.3. The Bertz CT molecular complexity index is 373. The molecule has 0 saturated carbocycles. The molecule has 1 aromatic heterocycles. The molecule has 1 atom stereocenters. The molecule has 0 aliphatic carbocycles. The monoisotopic (exact) mass is 238 g/mol. The molecule has 0 aliphatic heterocycles. The first-order valence-corrected chi connectivity index (χ1v) is 6.02. The molecule has 0 bridgehead atoms. The molecular formula is C12H22N4O. The molecule has 0 aliphatic rings. The van der Waals surface area contributed by atoms with Crippen LogP contribution < -0.4 is 10.6 Å². The lowest BCUT2D eigenvalue weighted by Crippen LogP contribution is -2.37. The third-order valence-electron chi connectivity index (χ3n) is 2.81. The number of aryl methyl sites for hydroxylation is 2. The lowest BCUT2D eigenvalue weighted by atomic mass is 10.2. The Morgan fingerprint density at radius 3 is 2.82 bits per heavy atom. The summed E-state index contributed by atoms with van der Waals surface area (Å²) in [6.07, 6.45) is 2.95. The van der Waals surface area contributed by atoms with Crippen LogP contribution in [0.15, 0.2) is 6.20 Å². The number of rotatable bonds is 6. The molecule has 1 rings (SSSR count). The number of nitrogens with one attached hydrogen (secondary N) is 2. The summed E-state index contributed by atoms with van der Waals surface area (Å²) in [7, 11) is 1.88. The van der Waals surface area contributed by atoms with E-state index >= 15 is 0 Å². The summed E-state index contributed by atoms with van der Waals surface area (Å²) in [5.74, 6) is 0.0218. The maximum Gasteiger partial charge on any atom is 0.234 e. The van der Waals surface area contributed by atoms with Gasteiger partial charge in [-0.15, -0.1) is 0 Å². The minimum Gasteiger partial charge on any atom is -0.351 e. The van der Waals surface area contributed by atoms with E-state index in [0.717, 1.165) is 17.7 Å². The number of aromatic nitrogens is 2. The van der Waals surface area contributed by atoms with Crippen LogP contribution in [-0.2, 0) is 18.4 Å². The smallest absolute Gasteiger partial charge is 0.234 e. The average Bonchev–Trinajstić information content (AvgIpc) is 2.62. The maximum absolute atomic E-state index is 11.6. The van der Waals surface area contributed by atoms with Crippen LogP contribution in [-0.4, -0.2) is 28.3 Å². The van der Waals surface area contributed by atoms with Crippen molar-refractivity contribution in [2.24, 2.45) is 7.05 Å². The van der Waals surface area contributed by atoms with Crippen LogP contribution in [0.25, 0.3) is 0 Å². The highest BCUT2D eigenvalue weighted by atomic mass is 16.1. The zero-order valence-corrected chi connectivity index (χ0v) is 11.1. The first-order chi connectivity index (χ1) is 8.02. The molecule has 1 aromatic rings. The number of nitrogens with zero attached hydrogens (tertiary/aromatic N) is 2. The van der Waals surface area contributed by atoms with E-state index in [1.807, 2.05) is 20.2 Å². The SMILES string of the molecule is CCC(C)NCC(=O)NCc1cn(C)nc1C. The molecule has 5 heteroatoms. The van der Waals surface area contributed by atoms with E-state index in [4.69, 9.17) is 0 Å². The Balaban J connectivity index is 2.31. The molecule has 1 unspecified atom stereocenters. The number of carbonyl (C=O) groups excluding carboxylic acids is 1. The third kappa shape index (κ3) is 4.56. The van der Waals surface area contributed by atoms with Gasteiger partial charge in [0.1, 0.15) is 0 Å².